The van der Waals surface area contributed by atoms with E-state index in [0.717, 1.165) is 33.7 Å². The van der Waals surface area contributed by atoms with Crippen LogP contribution in [0.4, 0.5) is 5.82 Å². The lowest BCUT2D eigenvalue weighted by Crippen LogP contribution is -2.07. The normalized spacial score (nSPS) is 10.6. The maximum atomic E-state index is 5.21. The lowest BCUT2D eigenvalue weighted by Gasteiger charge is -2.13. The summed E-state index contributed by atoms with van der Waals surface area (Å²) in [6.45, 7) is 5.34. The van der Waals surface area contributed by atoms with Gasteiger partial charge in [-0.1, -0.05) is 24.3 Å². The van der Waals surface area contributed by atoms with Gasteiger partial charge in [0.2, 0.25) is 0 Å². The van der Waals surface area contributed by atoms with Gasteiger partial charge >= 0.3 is 0 Å². The number of methoxy groups -OCH3 is 1. The number of halogens is 1. The maximum Gasteiger partial charge on any atom is 0.162 e. The van der Waals surface area contributed by atoms with Crippen LogP contribution in [0.15, 0.2) is 28.7 Å². The number of aromatic nitrogens is 2. The van der Waals surface area contributed by atoms with E-state index in [9.17, 15) is 0 Å². The van der Waals surface area contributed by atoms with Crippen molar-refractivity contribution >= 4 is 21.7 Å². The van der Waals surface area contributed by atoms with E-state index >= 15 is 0 Å². The molecule has 0 saturated heterocycles. The first-order valence-electron chi connectivity index (χ1n) is 6.52. The molecular weight excluding hydrogens is 318 g/mol. The Morgan fingerprint density at radius 3 is 2.65 bits per heavy atom. The molecule has 4 nitrogen and oxygen atoms in total. The largest absolute Gasteiger partial charge is 0.378 e. The molecule has 2 rings (SSSR count). The Bertz CT molecular complexity index is 574. The number of nitrogens with one attached hydrogen (secondary N) is 1. The van der Waals surface area contributed by atoms with Crippen molar-refractivity contribution in [1.82, 2.24) is 9.97 Å². The molecule has 1 aromatic heterocycles. The summed E-state index contributed by atoms with van der Waals surface area (Å²) in [4.78, 5) is 9.22. The quantitative estimate of drug-likeness (QED) is 0.902. The summed E-state index contributed by atoms with van der Waals surface area (Å²) < 4.78 is 6.07. The van der Waals surface area contributed by atoms with Gasteiger partial charge in [-0.15, -0.1) is 0 Å². The summed E-state index contributed by atoms with van der Waals surface area (Å²) in [5.74, 6) is 1.52. The zero-order valence-electron chi connectivity index (χ0n) is 11.9. The van der Waals surface area contributed by atoms with Crippen LogP contribution in [0.5, 0.6) is 0 Å². The smallest absolute Gasteiger partial charge is 0.162 e. The Labute approximate surface area is 127 Å². The van der Waals surface area contributed by atoms with E-state index in [2.05, 4.69) is 44.2 Å². The zero-order chi connectivity index (χ0) is 14.5. The van der Waals surface area contributed by atoms with Gasteiger partial charge in [0.1, 0.15) is 5.82 Å². The Balaban J connectivity index is 2.56. The van der Waals surface area contributed by atoms with Crippen LogP contribution in [0, 0.1) is 6.92 Å². The lowest BCUT2D eigenvalue weighted by molar-refractivity contribution is 0.181. The number of ether oxygens (including phenoxy) is 1. The first-order chi connectivity index (χ1) is 9.67. The Morgan fingerprint density at radius 2 is 2.00 bits per heavy atom. The summed E-state index contributed by atoms with van der Waals surface area (Å²) in [6.07, 6.45) is 0. The monoisotopic (exact) mass is 335 g/mol. The highest BCUT2D eigenvalue weighted by Crippen LogP contribution is 2.28. The predicted octanol–water partition coefficient (Wildman–Crippen LogP) is 3.79. The molecule has 0 unspecified atom stereocenters. The van der Waals surface area contributed by atoms with Crippen LogP contribution >= 0.6 is 15.9 Å². The van der Waals surface area contributed by atoms with Crippen molar-refractivity contribution in [2.75, 3.05) is 19.0 Å². The topological polar surface area (TPSA) is 47.0 Å². The molecule has 0 aliphatic heterocycles. The summed E-state index contributed by atoms with van der Waals surface area (Å²) in [6, 6.07) is 8.10. The molecule has 0 atom stereocenters. The fourth-order valence-electron chi connectivity index (χ4n) is 1.95. The molecule has 0 fully saturated rings. The molecule has 0 radical (unpaired) electrons. The van der Waals surface area contributed by atoms with Crippen LogP contribution < -0.4 is 5.32 Å². The highest BCUT2D eigenvalue weighted by molar-refractivity contribution is 9.10. The van der Waals surface area contributed by atoms with Crippen molar-refractivity contribution in [2.45, 2.75) is 20.5 Å². The molecule has 0 amide bonds. The van der Waals surface area contributed by atoms with Crippen LogP contribution in [0.2, 0.25) is 0 Å². The van der Waals surface area contributed by atoms with E-state index in [1.54, 1.807) is 7.11 Å². The number of aryl methyl sites for hydroxylation is 1. The SMILES string of the molecule is CCNc1nc(-c2ccccc2C)nc(COC)c1Br. The van der Waals surface area contributed by atoms with E-state index in [4.69, 9.17) is 4.74 Å². The third-order valence-corrected chi connectivity index (χ3v) is 3.76. The molecule has 5 heteroatoms. The maximum absolute atomic E-state index is 5.21. The van der Waals surface area contributed by atoms with Gasteiger partial charge in [0.15, 0.2) is 5.82 Å². The number of hydrogen-bond acceptors (Lipinski definition) is 4. The highest BCUT2D eigenvalue weighted by atomic mass is 79.9. The number of anilines is 1. The van der Waals surface area contributed by atoms with E-state index in [0.29, 0.717) is 12.4 Å². The summed E-state index contributed by atoms with van der Waals surface area (Å²) in [7, 11) is 1.66. The van der Waals surface area contributed by atoms with Gasteiger partial charge < -0.3 is 10.1 Å². The van der Waals surface area contributed by atoms with E-state index in [1.807, 2.05) is 25.1 Å². The van der Waals surface area contributed by atoms with Crippen LogP contribution in [-0.2, 0) is 11.3 Å². The van der Waals surface area contributed by atoms with E-state index in [1.165, 1.54) is 0 Å². The number of hydrogen-bond donors (Lipinski definition) is 1. The molecule has 0 saturated carbocycles. The number of benzene rings is 1. The Hall–Kier alpha value is -1.46. The van der Waals surface area contributed by atoms with E-state index in [-0.39, 0.29) is 0 Å². The average molecular weight is 336 g/mol. The van der Waals surface area contributed by atoms with Gasteiger partial charge in [-0.2, -0.15) is 0 Å². The third kappa shape index (κ3) is 3.16. The van der Waals surface area contributed by atoms with Crippen molar-refractivity contribution in [1.29, 1.82) is 0 Å². The summed E-state index contributed by atoms with van der Waals surface area (Å²) in [5.41, 5.74) is 3.04. The van der Waals surface area contributed by atoms with E-state index < -0.39 is 0 Å². The first kappa shape index (κ1) is 14.9. The van der Waals surface area contributed by atoms with Crippen molar-refractivity contribution < 1.29 is 4.74 Å². The van der Waals surface area contributed by atoms with Gasteiger partial charge in [0.25, 0.3) is 0 Å². The van der Waals surface area contributed by atoms with Crippen LogP contribution in [0.25, 0.3) is 11.4 Å². The third-order valence-electron chi connectivity index (χ3n) is 2.93. The van der Waals surface area contributed by atoms with Crippen LogP contribution in [0.1, 0.15) is 18.2 Å². The van der Waals surface area contributed by atoms with Gasteiger partial charge in [-0.25, -0.2) is 9.97 Å². The molecule has 0 spiro atoms. The molecule has 0 aliphatic carbocycles. The number of rotatable bonds is 5. The summed E-state index contributed by atoms with van der Waals surface area (Å²) in [5, 5.41) is 3.25. The predicted molar refractivity (Wildman–Crippen MR) is 84.8 cm³/mol. The fraction of sp³-hybridized carbons (Fsp3) is 0.333. The molecule has 1 N–H and O–H groups in total. The standard InChI is InChI=1S/C15H18BrN3O/c1-4-17-15-13(16)12(9-20-3)18-14(19-15)11-8-6-5-7-10(11)2/h5-8H,4,9H2,1-3H3,(H,17,18,19). The van der Waals surface area contributed by atoms with Gasteiger partial charge in [0, 0.05) is 19.2 Å². The van der Waals surface area contributed by atoms with Gasteiger partial charge in [-0.05, 0) is 35.3 Å². The zero-order valence-corrected chi connectivity index (χ0v) is 13.5. The fourth-order valence-corrected chi connectivity index (χ4v) is 2.39. The minimum Gasteiger partial charge on any atom is -0.378 e. The van der Waals surface area contributed by atoms with Crippen molar-refractivity contribution in [3.63, 3.8) is 0 Å². The first-order valence-corrected chi connectivity index (χ1v) is 7.31. The van der Waals surface area contributed by atoms with Crippen molar-refractivity contribution in [3.8, 4) is 11.4 Å². The lowest BCUT2D eigenvalue weighted by atomic mass is 10.1. The molecule has 1 heterocycles. The minimum absolute atomic E-state index is 0.445. The Morgan fingerprint density at radius 1 is 1.25 bits per heavy atom. The Kier molecular flexibility index (Phi) is 5.09. The average Bonchev–Trinajstić information content (AvgIpc) is 2.44. The number of nitrogens with zero attached hydrogens (tertiary/aromatic N) is 2. The molecule has 106 valence electrons. The van der Waals surface area contributed by atoms with Gasteiger partial charge in [-0.3, -0.25) is 0 Å². The van der Waals surface area contributed by atoms with Gasteiger partial charge in [0.05, 0.1) is 16.8 Å². The van der Waals surface area contributed by atoms with Crippen molar-refractivity contribution in [3.05, 3.63) is 40.0 Å². The second kappa shape index (κ2) is 6.81. The molecule has 1 aromatic carbocycles. The second-order valence-corrected chi connectivity index (χ2v) is 5.23. The van der Waals surface area contributed by atoms with Crippen LogP contribution in [-0.4, -0.2) is 23.6 Å². The van der Waals surface area contributed by atoms with Crippen molar-refractivity contribution in [2.24, 2.45) is 0 Å². The van der Waals surface area contributed by atoms with Crippen LogP contribution in [0.3, 0.4) is 0 Å². The highest BCUT2D eigenvalue weighted by Gasteiger charge is 2.14. The second-order valence-electron chi connectivity index (χ2n) is 4.43. The minimum atomic E-state index is 0.445. The molecule has 20 heavy (non-hydrogen) atoms. The molecule has 2 aromatic rings. The molecular formula is C15H18BrN3O. The summed E-state index contributed by atoms with van der Waals surface area (Å²) >= 11 is 3.54. The molecule has 0 aliphatic rings. The molecule has 0 bridgehead atoms.